The summed E-state index contributed by atoms with van der Waals surface area (Å²) in [6, 6.07) is 10.5. The molecule has 0 spiro atoms. The quantitative estimate of drug-likeness (QED) is 0.778. The molecule has 1 aliphatic carbocycles. The van der Waals surface area contributed by atoms with Gasteiger partial charge in [-0.1, -0.05) is 67.6 Å². The lowest BCUT2D eigenvalue weighted by atomic mass is 9.80. The lowest BCUT2D eigenvalue weighted by Gasteiger charge is -2.27. The lowest BCUT2D eigenvalue weighted by molar-refractivity contribution is 0.0773. The van der Waals surface area contributed by atoms with E-state index in [4.69, 9.17) is 0 Å². The van der Waals surface area contributed by atoms with Crippen LogP contribution in [0.5, 0.6) is 0 Å². The van der Waals surface area contributed by atoms with Crippen molar-refractivity contribution >= 4 is 5.91 Å². The number of likely N-dealkylation sites (tertiary alicyclic amines) is 1. The number of benzene rings is 1. The number of nitrogens with zero attached hydrogens (tertiary/aromatic N) is 4. The van der Waals surface area contributed by atoms with Crippen molar-refractivity contribution in [2.24, 2.45) is 11.8 Å². The Hall–Kier alpha value is -2.17. The van der Waals surface area contributed by atoms with Gasteiger partial charge in [-0.25, -0.2) is 0 Å². The van der Waals surface area contributed by atoms with Gasteiger partial charge in [0, 0.05) is 19.6 Å². The molecule has 5 heteroatoms. The van der Waals surface area contributed by atoms with Crippen LogP contribution in [0.15, 0.2) is 36.5 Å². The number of amides is 1. The van der Waals surface area contributed by atoms with Crippen LogP contribution < -0.4 is 0 Å². The first-order chi connectivity index (χ1) is 13.3. The molecule has 5 nitrogen and oxygen atoms in total. The van der Waals surface area contributed by atoms with Gasteiger partial charge in [-0.05, 0) is 36.7 Å². The zero-order valence-corrected chi connectivity index (χ0v) is 16.1. The van der Waals surface area contributed by atoms with Gasteiger partial charge in [0.15, 0.2) is 5.69 Å². The van der Waals surface area contributed by atoms with E-state index in [-0.39, 0.29) is 5.91 Å². The molecule has 0 unspecified atom stereocenters. The number of rotatable bonds is 6. The van der Waals surface area contributed by atoms with Gasteiger partial charge in [-0.15, -0.1) is 5.10 Å². The van der Waals surface area contributed by atoms with Crippen molar-refractivity contribution in [3.63, 3.8) is 0 Å². The number of carbonyl (C=O) groups excluding carboxylic acids is 1. The fourth-order valence-electron chi connectivity index (χ4n) is 4.72. The molecule has 0 radical (unpaired) electrons. The van der Waals surface area contributed by atoms with Crippen LogP contribution >= 0.6 is 0 Å². The van der Waals surface area contributed by atoms with E-state index in [0.717, 1.165) is 44.8 Å². The number of aryl methyl sites for hydroxylation is 2. The SMILES string of the molecule is O=C(c1cn(CCCc2ccccc2)nn1)N1CC[C@@H](C2CCCCC2)C1. The van der Waals surface area contributed by atoms with E-state index in [2.05, 4.69) is 34.6 Å². The Balaban J connectivity index is 1.27. The first kappa shape index (κ1) is 18.2. The molecular weight excluding hydrogens is 336 g/mol. The molecule has 2 aromatic rings. The van der Waals surface area contributed by atoms with E-state index in [1.165, 1.54) is 37.7 Å². The van der Waals surface area contributed by atoms with Crippen LogP contribution in [0.25, 0.3) is 0 Å². The maximum atomic E-state index is 12.8. The van der Waals surface area contributed by atoms with E-state index in [1.54, 1.807) is 0 Å². The van der Waals surface area contributed by atoms with Crippen molar-refractivity contribution in [2.75, 3.05) is 13.1 Å². The van der Waals surface area contributed by atoms with Crippen LogP contribution in [-0.4, -0.2) is 38.9 Å². The predicted octanol–water partition coefficient (Wildman–Crippen LogP) is 3.95. The third-order valence-corrected chi connectivity index (χ3v) is 6.28. The second kappa shape index (κ2) is 8.68. The van der Waals surface area contributed by atoms with Crippen molar-refractivity contribution in [3.05, 3.63) is 47.8 Å². The Labute approximate surface area is 161 Å². The number of hydrogen-bond donors (Lipinski definition) is 0. The van der Waals surface area contributed by atoms with Crippen molar-refractivity contribution in [3.8, 4) is 0 Å². The molecular formula is C22H30N4O. The third kappa shape index (κ3) is 4.57. The highest BCUT2D eigenvalue weighted by atomic mass is 16.2. The summed E-state index contributed by atoms with van der Waals surface area (Å²) >= 11 is 0. The van der Waals surface area contributed by atoms with Crippen molar-refractivity contribution < 1.29 is 4.79 Å². The minimum Gasteiger partial charge on any atom is -0.337 e. The molecule has 1 amide bonds. The zero-order valence-electron chi connectivity index (χ0n) is 16.1. The van der Waals surface area contributed by atoms with E-state index in [9.17, 15) is 4.79 Å². The highest BCUT2D eigenvalue weighted by Gasteiger charge is 2.33. The molecule has 144 valence electrons. The largest absolute Gasteiger partial charge is 0.337 e. The average Bonchev–Trinajstić information content (AvgIpc) is 3.39. The molecule has 27 heavy (non-hydrogen) atoms. The first-order valence-corrected chi connectivity index (χ1v) is 10.5. The normalized spacial score (nSPS) is 20.9. The molecule has 1 aromatic heterocycles. The monoisotopic (exact) mass is 366 g/mol. The molecule has 2 heterocycles. The minimum atomic E-state index is 0.0580. The molecule has 0 bridgehead atoms. The molecule has 2 aliphatic rings. The van der Waals surface area contributed by atoms with Crippen molar-refractivity contribution in [2.45, 2.75) is 57.9 Å². The summed E-state index contributed by atoms with van der Waals surface area (Å²) in [7, 11) is 0. The van der Waals surface area contributed by atoms with E-state index in [1.807, 2.05) is 21.8 Å². The Morgan fingerprint density at radius 1 is 1.04 bits per heavy atom. The molecule has 1 aromatic carbocycles. The molecule has 1 saturated carbocycles. The summed E-state index contributed by atoms with van der Waals surface area (Å²) in [5, 5.41) is 8.31. The summed E-state index contributed by atoms with van der Waals surface area (Å²) in [4.78, 5) is 14.8. The maximum Gasteiger partial charge on any atom is 0.276 e. The van der Waals surface area contributed by atoms with Crippen molar-refractivity contribution in [1.29, 1.82) is 0 Å². The van der Waals surface area contributed by atoms with Gasteiger partial charge >= 0.3 is 0 Å². The molecule has 0 N–H and O–H groups in total. The lowest BCUT2D eigenvalue weighted by Crippen LogP contribution is -2.30. The topological polar surface area (TPSA) is 51.0 Å². The van der Waals surface area contributed by atoms with Gasteiger partial charge in [0.05, 0.1) is 6.20 Å². The van der Waals surface area contributed by atoms with Gasteiger partial charge in [-0.3, -0.25) is 9.48 Å². The van der Waals surface area contributed by atoms with E-state index in [0.29, 0.717) is 11.6 Å². The smallest absolute Gasteiger partial charge is 0.276 e. The molecule has 1 atom stereocenters. The van der Waals surface area contributed by atoms with E-state index >= 15 is 0 Å². The number of carbonyl (C=O) groups is 1. The standard InChI is InChI=1S/C22H30N4O/c27-22(25-15-13-20(16-25)19-11-5-2-6-12-19)21-17-26(24-23-21)14-7-10-18-8-3-1-4-9-18/h1,3-4,8-9,17,19-20H,2,5-7,10-16H2/t20-/m1/s1. The third-order valence-electron chi connectivity index (χ3n) is 6.28. The van der Waals surface area contributed by atoms with Crippen LogP contribution in [0.3, 0.4) is 0 Å². The molecule has 4 rings (SSSR count). The minimum absolute atomic E-state index is 0.0580. The Morgan fingerprint density at radius 2 is 1.85 bits per heavy atom. The Morgan fingerprint density at radius 3 is 2.67 bits per heavy atom. The van der Waals surface area contributed by atoms with Gasteiger partial charge in [0.25, 0.3) is 5.91 Å². The fourth-order valence-corrected chi connectivity index (χ4v) is 4.72. The van der Waals surface area contributed by atoms with E-state index < -0.39 is 0 Å². The first-order valence-electron chi connectivity index (χ1n) is 10.5. The van der Waals surface area contributed by atoms with Crippen LogP contribution in [0.1, 0.15) is 61.0 Å². The van der Waals surface area contributed by atoms with Crippen molar-refractivity contribution in [1.82, 2.24) is 19.9 Å². The summed E-state index contributed by atoms with van der Waals surface area (Å²) in [6.45, 7) is 2.57. The summed E-state index contributed by atoms with van der Waals surface area (Å²) in [6.07, 6.45) is 11.8. The van der Waals surface area contributed by atoms with Gasteiger partial charge in [-0.2, -0.15) is 0 Å². The second-order valence-corrected chi connectivity index (χ2v) is 8.15. The Bertz CT molecular complexity index is 736. The second-order valence-electron chi connectivity index (χ2n) is 8.15. The molecule has 1 saturated heterocycles. The predicted molar refractivity (Wildman–Crippen MR) is 105 cm³/mol. The van der Waals surface area contributed by atoms with Crippen LogP contribution in [0.4, 0.5) is 0 Å². The summed E-state index contributed by atoms with van der Waals surface area (Å²) in [5.74, 6) is 1.57. The average molecular weight is 367 g/mol. The number of aromatic nitrogens is 3. The van der Waals surface area contributed by atoms with Gasteiger partial charge in [0.1, 0.15) is 0 Å². The summed E-state index contributed by atoms with van der Waals surface area (Å²) in [5.41, 5.74) is 1.83. The fraction of sp³-hybridized carbons (Fsp3) is 0.591. The highest BCUT2D eigenvalue weighted by Crippen LogP contribution is 2.35. The zero-order chi connectivity index (χ0) is 18.5. The van der Waals surface area contributed by atoms with Crippen LogP contribution in [0, 0.1) is 11.8 Å². The van der Waals surface area contributed by atoms with Crippen LogP contribution in [0.2, 0.25) is 0 Å². The molecule has 2 fully saturated rings. The van der Waals surface area contributed by atoms with Gasteiger partial charge in [0.2, 0.25) is 0 Å². The molecule has 1 aliphatic heterocycles. The maximum absolute atomic E-state index is 12.8. The van der Waals surface area contributed by atoms with Crippen LogP contribution in [-0.2, 0) is 13.0 Å². The highest BCUT2D eigenvalue weighted by molar-refractivity contribution is 5.92. The number of hydrogen-bond acceptors (Lipinski definition) is 3. The van der Waals surface area contributed by atoms with Gasteiger partial charge < -0.3 is 4.90 Å². The summed E-state index contributed by atoms with van der Waals surface area (Å²) < 4.78 is 1.81. The Kier molecular flexibility index (Phi) is 5.85.